The molecule has 1 aromatic carbocycles. The van der Waals surface area contributed by atoms with Gasteiger partial charge in [-0.1, -0.05) is 37.3 Å². The largest absolute Gasteiger partial charge is 0.364 e. The molecule has 5 heteroatoms. The quantitative estimate of drug-likeness (QED) is 0.944. The second-order valence-electron chi connectivity index (χ2n) is 5.84. The Hall–Kier alpha value is -2.43. The molecule has 0 bridgehead atoms. The van der Waals surface area contributed by atoms with Crippen molar-refractivity contribution in [3.05, 3.63) is 42.1 Å². The van der Waals surface area contributed by atoms with Crippen LogP contribution in [0.1, 0.15) is 30.3 Å². The second kappa shape index (κ2) is 6.13. The van der Waals surface area contributed by atoms with Crippen molar-refractivity contribution in [1.82, 2.24) is 9.97 Å². The topological polar surface area (TPSA) is 72.1 Å². The molecule has 2 N–H and O–H groups in total. The molecule has 0 radical (unpaired) electrons. The van der Waals surface area contributed by atoms with Gasteiger partial charge in [0.15, 0.2) is 0 Å². The van der Waals surface area contributed by atoms with Gasteiger partial charge in [-0.2, -0.15) is 0 Å². The Labute approximate surface area is 130 Å². The Morgan fingerprint density at radius 3 is 2.50 bits per heavy atom. The van der Waals surface area contributed by atoms with Gasteiger partial charge in [0.25, 0.3) is 5.91 Å². The molecule has 1 amide bonds. The molecule has 2 heterocycles. The van der Waals surface area contributed by atoms with E-state index in [1.54, 1.807) is 6.07 Å². The number of piperidine rings is 1. The summed E-state index contributed by atoms with van der Waals surface area (Å²) in [5.41, 5.74) is 7.39. The normalized spacial score (nSPS) is 15.8. The maximum atomic E-state index is 11.6. The van der Waals surface area contributed by atoms with E-state index in [1.165, 1.54) is 0 Å². The molecule has 114 valence electrons. The minimum atomic E-state index is -0.522. The number of amides is 1. The fraction of sp³-hybridized carbons (Fsp3) is 0.353. The SMILES string of the molecule is CC1CCN(c2nc(C(N)=O)cc(-c3ccccc3)n2)CC1. The number of aromatic nitrogens is 2. The number of hydrogen-bond donors (Lipinski definition) is 1. The molecule has 0 atom stereocenters. The molecular weight excluding hydrogens is 276 g/mol. The first-order valence-corrected chi connectivity index (χ1v) is 7.63. The van der Waals surface area contributed by atoms with E-state index in [9.17, 15) is 4.79 Å². The van der Waals surface area contributed by atoms with E-state index in [2.05, 4.69) is 21.8 Å². The van der Waals surface area contributed by atoms with Crippen molar-refractivity contribution in [2.45, 2.75) is 19.8 Å². The van der Waals surface area contributed by atoms with Crippen LogP contribution in [0.2, 0.25) is 0 Å². The van der Waals surface area contributed by atoms with Gasteiger partial charge in [0.05, 0.1) is 5.69 Å². The second-order valence-corrected chi connectivity index (χ2v) is 5.84. The van der Waals surface area contributed by atoms with Crippen molar-refractivity contribution in [1.29, 1.82) is 0 Å². The highest BCUT2D eigenvalue weighted by atomic mass is 16.1. The van der Waals surface area contributed by atoms with Crippen molar-refractivity contribution in [2.75, 3.05) is 18.0 Å². The van der Waals surface area contributed by atoms with Gasteiger partial charge in [0.1, 0.15) is 5.69 Å². The van der Waals surface area contributed by atoms with Crippen LogP contribution in [0.4, 0.5) is 5.95 Å². The summed E-state index contributed by atoms with van der Waals surface area (Å²) >= 11 is 0. The summed E-state index contributed by atoms with van der Waals surface area (Å²) < 4.78 is 0. The summed E-state index contributed by atoms with van der Waals surface area (Å²) in [6.45, 7) is 4.09. The van der Waals surface area contributed by atoms with E-state index >= 15 is 0 Å². The van der Waals surface area contributed by atoms with Gasteiger partial charge in [-0.15, -0.1) is 0 Å². The first kappa shape index (κ1) is 14.5. The Morgan fingerprint density at radius 1 is 1.18 bits per heavy atom. The van der Waals surface area contributed by atoms with Gasteiger partial charge >= 0.3 is 0 Å². The van der Waals surface area contributed by atoms with Crippen LogP contribution in [0.15, 0.2) is 36.4 Å². The highest BCUT2D eigenvalue weighted by Crippen LogP contribution is 2.24. The molecule has 1 fully saturated rings. The zero-order chi connectivity index (χ0) is 15.5. The van der Waals surface area contributed by atoms with Crippen molar-refractivity contribution in [3.8, 4) is 11.3 Å². The summed E-state index contributed by atoms with van der Waals surface area (Å²) in [5.74, 6) is 0.803. The number of primary amides is 1. The standard InChI is InChI=1S/C17H20N4O/c1-12-7-9-21(10-8-12)17-19-14(11-15(20-17)16(18)22)13-5-3-2-4-6-13/h2-6,11-12H,7-10H2,1H3,(H2,18,22). The maximum absolute atomic E-state index is 11.6. The molecule has 3 rings (SSSR count). The highest BCUT2D eigenvalue weighted by Gasteiger charge is 2.20. The lowest BCUT2D eigenvalue weighted by Gasteiger charge is -2.30. The predicted octanol–water partition coefficient (Wildman–Crippen LogP) is 2.48. The number of nitrogens with two attached hydrogens (primary N) is 1. The molecule has 0 unspecified atom stereocenters. The molecule has 1 saturated heterocycles. The van der Waals surface area contributed by atoms with Crippen LogP contribution in [0, 0.1) is 5.92 Å². The first-order valence-electron chi connectivity index (χ1n) is 7.63. The summed E-state index contributed by atoms with van der Waals surface area (Å²) in [4.78, 5) is 22.7. The Balaban J connectivity index is 1.99. The number of nitrogens with zero attached hydrogens (tertiary/aromatic N) is 3. The fourth-order valence-electron chi connectivity index (χ4n) is 2.67. The summed E-state index contributed by atoms with van der Waals surface area (Å²) in [6, 6.07) is 11.4. The zero-order valence-corrected chi connectivity index (χ0v) is 12.7. The van der Waals surface area contributed by atoms with E-state index in [1.807, 2.05) is 30.3 Å². The third kappa shape index (κ3) is 3.08. The lowest BCUT2D eigenvalue weighted by atomic mass is 10.00. The van der Waals surface area contributed by atoms with Crippen molar-refractivity contribution < 1.29 is 4.79 Å². The average Bonchev–Trinajstić information content (AvgIpc) is 2.56. The van der Waals surface area contributed by atoms with Crippen LogP contribution in [0.25, 0.3) is 11.3 Å². The lowest BCUT2D eigenvalue weighted by Crippen LogP contribution is -2.34. The summed E-state index contributed by atoms with van der Waals surface area (Å²) in [7, 11) is 0. The molecule has 0 aliphatic carbocycles. The average molecular weight is 296 g/mol. The molecule has 0 saturated carbocycles. The van der Waals surface area contributed by atoms with Crippen molar-refractivity contribution in [3.63, 3.8) is 0 Å². The van der Waals surface area contributed by atoms with Crippen molar-refractivity contribution >= 4 is 11.9 Å². The van der Waals surface area contributed by atoms with Crippen LogP contribution >= 0.6 is 0 Å². The molecule has 22 heavy (non-hydrogen) atoms. The van der Waals surface area contributed by atoms with Gasteiger partial charge in [0.2, 0.25) is 5.95 Å². The van der Waals surface area contributed by atoms with Crippen LogP contribution in [0.5, 0.6) is 0 Å². The van der Waals surface area contributed by atoms with Gasteiger partial charge in [-0.25, -0.2) is 9.97 Å². The van der Waals surface area contributed by atoms with Crippen molar-refractivity contribution in [2.24, 2.45) is 11.7 Å². The van der Waals surface area contributed by atoms with Crippen LogP contribution in [-0.2, 0) is 0 Å². The Bertz CT molecular complexity index is 664. The summed E-state index contributed by atoms with van der Waals surface area (Å²) in [6.07, 6.45) is 2.23. The third-order valence-corrected chi connectivity index (χ3v) is 4.10. The molecule has 1 aliphatic heterocycles. The zero-order valence-electron chi connectivity index (χ0n) is 12.7. The minimum absolute atomic E-state index is 0.266. The number of anilines is 1. The fourth-order valence-corrected chi connectivity index (χ4v) is 2.67. The van der Waals surface area contributed by atoms with E-state index < -0.39 is 5.91 Å². The Morgan fingerprint density at radius 2 is 1.86 bits per heavy atom. The van der Waals surface area contributed by atoms with Gasteiger partial charge < -0.3 is 10.6 Å². The number of carbonyl (C=O) groups is 1. The maximum Gasteiger partial charge on any atom is 0.267 e. The third-order valence-electron chi connectivity index (χ3n) is 4.10. The molecule has 1 aromatic heterocycles. The van der Waals surface area contributed by atoms with Crippen LogP contribution < -0.4 is 10.6 Å². The molecule has 2 aromatic rings. The number of rotatable bonds is 3. The Kier molecular flexibility index (Phi) is 4.04. The molecular formula is C17H20N4O. The van der Waals surface area contributed by atoms with E-state index in [4.69, 9.17) is 5.73 Å². The predicted molar refractivity (Wildman–Crippen MR) is 86.6 cm³/mol. The smallest absolute Gasteiger partial charge is 0.267 e. The van der Waals surface area contributed by atoms with Crippen LogP contribution in [-0.4, -0.2) is 29.0 Å². The minimum Gasteiger partial charge on any atom is -0.364 e. The number of carbonyl (C=O) groups excluding carboxylic acids is 1. The van der Waals surface area contributed by atoms with Crippen LogP contribution in [0.3, 0.4) is 0 Å². The van der Waals surface area contributed by atoms with Gasteiger partial charge in [-0.3, -0.25) is 4.79 Å². The molecule has 0 spiro atoms. The highest BCUT2D eigenvalue weighted by molar-refractivity contribution is 5.92. The van der Waals surface area contributed by atoms with Gasteiger partial charge in [0, 0.05) is 18.7 Å². The summed E-state index contributed by atoms with van der Waals surface area (Å²) in [5, 5.41) is 0. The molecule has 1 aliphatic rings. The lowest BCUT2D eigenvalue weighted by molar-refractivity contribution is 0.0995. The monoisotopic (exact) mass is 296 g/mol. The van der Waals surface area contributed by atoms with E-state index in [0.29, 0.717) is 5.95 Å². The van der Waals surface area contributed by atoms with E-state index in [0.717, 1.165) is 43.1 Å². The first-order chi connectivity index (χ1) is 10.6. The van der Waals surface area contributed by atoms with E-state index in [-0.39, 0.29) is 5.69 Å². The van der Waals surface area contributed by atoms with Gasteiger partial charge in [-0.05, 0) is 24.8 Å². The number of hydrogen-bond acceptors (Lipinski definition) is 4. The number of benzene rings is 1. The molecule has 5 nitrogen and oxygen atoms in total.